The van der Waals surface area contributed by atoms with E-state index in [-0.39, 0.29) is 23.4 Å². The number of carbonyl (C=O) groups excluding carboxylic acids is 4. The van der Waals surface area contributed by atoms with Crippen molar-refractivity contribution in [2.24, 2.45) is 0 Å². The van der Waals surface area contributed by atoms with Gasteiger partial charge in [0.25, 0.3) is 11.8 Å². The van der Waals surface area contributed by atoms with Gasteiger partial charge in [-0.15, -0.1) is 0 Å². The number of nitrogens with zero attached hydrogens (tertiary/aromatic N) is 1. The van der Waals surface area contributed by atoms with Gasteiger partial charge in [0.2, 0.25) is 0 Å². The SMILES string of the molecule is CCOC(=O)c1ccc(N2C(=O)NC(=O)/C(=C\c3ccccc3OCC)C2=O)cc1. The Labute approximate surface area is 173 Å². The van der Waals surface area contributed by atoms with E-state index in [2.05, 4.69) is 5.32 Å². The van der Waals surface area contributed by atoms with Gasteiger partial charge in [-0.2, -0.15) is 0 Å². The standard InChI is InChI=1S/C22H20N2O6/c1-3-29-18-8-6-5-7-15(18)13-17-19(25)23-22(28)24(20(17)26)16-11-9-14(10-12-16)21(27)30-4-2/h5-13H,3-4H2,1-2H3,(H,23,25,28)/b17-13+. The molecule has 2 aromatic rings. The molecule has 30 heavy (non-hydrogen) atoms. The highest BCUT2D eigenvalue weighted by Crippen LogP contribution is 2.25. The Morgan fingerprint density at radius 3 is 2.37 bits per heavy atom. The molecule has 1 N–H and O–H groups in total. The maximum Gasteiger partial charge on any atom is 0.338 e. The smallest absolute Gasteiger partial charge is 0.338 e. The van der Waals surface area contributed by atoms with E-state index < -0.39 is 23.8 Å². The molecule has 1 heterocycles. The molecule has 1 fully saturated rings. The summed E-state index contributed by atoms with van der Waals surface area (Å²) in [5.74, 6) is -1.58. The predicted molar refractivity (Wildman–Crippen MR) is 109 cm³/mol. The van der Waals surface area contributed by atoms with E-state index in [4.69, 9.17) is 9.47 Å². The first-order valence-corrected chi connectivity index (χ1v) is 9.36. The molecule has 0 unspecified atom stereocenters. The van der Waals surface area contributed by atoms with Gasteiger partial charge in [-0.3, -0.25) is 14.9 Å². The lowest BCUT2D eigenvalue weighted by Gasteiger charge is -2.26. The van der Waals surface area contributed by atoms with E-state index in [1.54, 1.807) is 31.2 Å². The van der Waals surface area contributed by atoms with E-state index >= 15 is 0 Å². The average molecular weight is 408 g/mol. The van der Waals surface area contributed by atoms with Gasteiger partial charge in [0, 0.05) is 5.56 Å². The summed E-state index contributed by atoms with van der Waals surface area (Å²) in [6, 6.07) is 11.8. The molecule has 0 aromatic heterocycles. The number of rotatable bonds is 6. The summed E-state index contributed by atoms with van der Waals surface area (Å²) in [6.45, 7) is 4.16. The molecule has 0 spiro atoms. The largest absolute Gasteiger partial charge is 0.493 e. The van der Waals surface area contributed by atoms with Crippen molar-refractivity contribution >= 4 is 35.6 Å². The molecular weight excluding hydrogens is 388 g/mol. The quantitative estimate of drug-likeness (QED) is 0.448. The molecule has 0 bridgehead atoms. The van der Waals surface area contributed by atoms with Crippen LogP contribution in [0.25, 0.3) is 6.08 Å². The second-order valence-corrected chi connectivity index (χ2v) is 6.20. The number of hydrogen-bond donors (Lipinski definition) is 1. The number of nitrogens with one attached hydrogen (secondary N) is 1. The molecule has 4 amide bonds. The van der Waals surface area contributed by atoms with Crippen LogP contribution in [0.3, 0.4) is 0 Å². The van der Waals surface area contributed by atoms with E-state index in [0.29, 0.717) is 17.9 Å². The number of ether oxygens (including phenoxy) is 2. The normalized spacial score (nSPS) is 15.2. The highest BCUT2D eigenvalue weighted by molar-refractivity contribution is 6.39. The Morgan fingerprint density at radius 2 is 1.70 bits per heavy atom. The Bertz CT molecular complexity index is 1030. The van der Waals surface area contributed by atoms with Gasteiger partial charge >= 0.3 is 12.0 Å². The Morgan fingerprint density at radius 1 is 1.00 bits per heavy atom. The number of barbiturate groups is 1. The summed E-state index contributed by atoms with van der Waals surface area (Å²) < 4.78 is 10.4. The molecule has 0 saturated carbocycles. The minimum atomic E-state index is -0.871. The molecule has 1 saturated heterocycles. The zero-order chi connectivity index (χ0) is 21.7. The maximum absolute atomic E-state index is 13.0. The summed E-state index contributed by atoms with van der Waals surface area (Å²) >= 11 is 0. The number of para-hydroxylation sites is 1. The third-order valence-corrected chi connectivity index (χ3v) is 4.26. The number of imide groups is 2. The van der Waals surface area contributed by atoms with Crippen LogP contribution in [-0.4, -0.2) is 37.0 Å². The van der Waals surface area contributed by atoms with Crippen LogP contribution in [0.5, 0.6) is 5.75 Å². The van der Waals surface area contributed by atoms with Gasteiger partial charge < -0.3 is 9.47 Å². The fraction of sp³-hybridized carbons (Fsp3) is 0.182. The lowest BCUT2D eigenvalue weighted by molar-refractivity contribution is -0.122. The third-order valence-electron chi connectivity index (χ3n) is 4.26. The minimum Gasteiger partial charge on any atom is -0.493 e. The molecule has 8 heteroatoms. The minimum absolute atomic E-state index is 0.210. The molecule has 0 radical (unpaired) electrons. The highest BCUT2D eigenvalue weighted by atomic mass is 16.5. The third kappa shape index (κ3) is 4.22. The van der Waals surface area contributed by atoms with Crippen molar-refractivity contribution in [3.63, 3.8) is 0 Å². The van der Waals surface area contributed by atoms with E-state index in [1.807, 2.05) is 6.92 Å². The summed E-state index contributed by atoms with van der Waals surface area (Å²) in [7, 11) is 0. The molecule has 1 aliphatic heterocycles. The average Bonchev–Trinajstić information content (AvgIpc) is 2.73. The maximum atomic E-state index is 13.0. The number of hydrogen-bond acceptors (Lipinski definition) is 6. The number of amides is 4. The number of urea groups is 1. The van der Waals surface area contributed by atoms with Crippen molar-refractivity contribution in [2.45, 2.75) is 13.8 Å². The lowest BCUT2D eigenvalue weighted by Crippen LogP contribution is -2.54. The van der Waals surface area contributed by atoms with Gasteiger partial charge in [0.05, 0.1) is 24.5 Å². The Balaban J connectivity index is 1.94. The van der Waals surface area contributed by atoms with Crippen LogP contribution in [0.4, 0.5) is 10.5 Å². The van der Waals surface area contributed by atoms with E-state index in [9.17, 15) is 19.2 Å². The van der Waals surface area contributed by atoms with Gasteiger partial charge in [0.15, 0.2) is 0 Å². The predicted octanol–water partition coefficient (Wildman–Crippen LogP) is 2.93. The van der Waals surface area contributed by atoms with Crippen molar-refractivity contribution in [3.8, 4) is 5.75 Å². The Kier molecular flexibility index (Phi) is 6.26. The van der Waals surface area contributed by atoms with E-state index in [0.717, 1.165) is 4.90 Å². The zero-order valence-corrected chi connectivity index (χ0v) is 16.5. The van der Waals surface area contributed by atoms with Crippen LogP contribution in [0.1, 0.15) is 29.8 Å². The fourth-order valence-corrected chi connectivity index (χ4v) is 2.90. The molecular formula is C22H20N2O6. The highest BCUT2D eigenvalue weighted by Gasteiger charge is 2.37. The van der Waals surface area contributed by atoms with Crippen molar-refractivity contribution < 1.29 is 28.7 Å². The first kappa shape index (κ1) is 20.8. The van der Waals surface area contributed by atoms with Crippen molar-refractivity contribution in [1.29, 1.82) is 0 Å². The van der Waals surface area contributed by atoms with E-state index in [1.165, 1.54) is 30.3 Å². The summed E-state index contributed by atoms with van der Waals surface area (Å²) in [5.41, 5.74) is 0.811. The molecule has 0 aliphatic carbocycles. The Hall–Kier alpha value is -3.94. The molecule has 0 atom stereocenters. The van der Waals surface area contributed by atoms with Crippen molar-refractivity contribution in [1.82, 2.24) is 5.32 Å². The summed E-state index contributed by atoms with van der Waals surface area (Å²) in [4.78, 5) is 50.3. The van der Waals surface area contributed by atoms with Crippen LogP contribution in [0.15, 0.2) is 54.1 Å². The number of benzene rings is 2. The first-order valence-electron chi connectivity index (χ1n) is 9.36. The second kappa shape index (κ2) is 9.04. The topological polar surface area (TPSA) is 102 Å². The second-order valence-electron chi connectivity index (χ2n) is 6.20. The van der Waals surface area contributed by atoms with Crippen LogP contribution in [-0.2, 0) is 14.3 Å². The first-order chi connectivity index (χ1) is 14.5. The summed E-state index contributed by atoms with van der Waals surface area (Å²) in [6.07, 6.45) is 1.38. The molecule has 2 aromatic carbocycles. The van der Waals surface area contributed by atoms with Gasteiger partial charge in [-0.25, -0.2) is 14.5 Å². The van der Waals surface area contributed by atoms with Gasteiger partial charge in [0.1, 0.15) is 11.3 Å². The number of anilines is 1. The number of carbonyl (C=O) groups is 4. The molecule has 154 valence electrons. The van der Waals surface area contributed by atoms with Crippen LogP contribution in [0.2, 0.25) is 0 Å². The summed E-state index contributed by atoms with van der Waals surface area (Å²) in [5, 5.41) is 2.16. The molecule has 8 nitrogen and oxygen atoms in total. The van der Waals surface area contributed by atoms with Crippen LogP contribution < -0.4 is 15.0 Å². The van der Waals surface area contributed by atoms with Crippen LogP contribution >= 0.6 is 0 Å². The van der Waals surface area contributed by atoms with Gasteiger partial charge in [-0.05, 0) is 50.3 Å². The number of esters is 1. The van der Waals surface area contributed by atoms with Gasteiger partial charge in [-0.1, -0.05) is 18.2 Å². The van der Waals surface area contributed by atoms with Crippen LogP contribution in [0, 0.1) is 0 Å². The fourth-order valence-electron chi connectivity index (χ4n) is 2.90. The zero-order valence-electron chi connectivity index (χ0n) is 16.5. The lowest BCUT2D eigenvalue weighted by atomic mass is 10.1. The molecule has 1 aliphatic rings. The van der Waals surface area contributed by atoms with Crippen molar-refractivity contribution in [2.75, 3.05) is 18.1 Å². The van der Waals surface area contributed by atoms with Crippen molar-refractivity contribution in [3.05, 3.63) is 65.2 Å². The molecule has 3 rings (SSSR count). The monoisotopic (exact) mass is 408 g/mol.